The number of alkyl halides is 6. The molecule has 1 N–H and O–H groups in total. The number of nitrogens with one attached hydrogen (secondary N) is 1. The van der Waals surface area contributed by atoms with Gasteiger partial charge in [-0.1, -0.05) is 54.6 Å². The Bertz CT molecular complexity index is 666. The van der Waals surface area contributed by atoms with Crippen LogP contribution in [0.1, 0.15) is 26.7 Å². The van der Waals surface area contributed by atoms with Crippen molar-refractivity contribution in [3.05, 3.63) is 30.3 Å². The molecule has 25 heavy (non-hydrogen) atoms. The van der Waals surface area contributed by atoms with Crippen LogP contribution in [0.4, 0.5) is 17.6 Å². The molecule has 0 aliphatic carbocycles. The predicted molar refractivity (Wildman–Crippen MR) is 98.2 cm³/mol. The summed E-state index contributed by atoms with van der Waals surface area (Å²) in [6.45, 7) is 3.22. The van der Waals surface area contributed by atoms with Gasteiger partial charge in [0.1, 0.15) is 0 Å². The monoisotopic (exact) mass is 515 g/mol. The van der Waals surface area contributed by atoms with Gasteiger partial charge in [0, 0.05) is 16.9 Å². The standard InChI is InChI=1S/C15H19ClF4INO2S/c1-13(2,12(21)10-14(17,18)15(16,19)20)8-9-22-25(23,24)11-6-4-3-5-7-11/h3-7,12,22H,8-10H2,1-2H3. The van der Waals surface area contributed by atoms with Gasteiger partial charge in [-0.25, -0.2) is 13.1 Å². The van der Waals surface area contributed by atoms with Crippen LogP contribution in [-0.4, -0.2) is 30.2 Å². The smallest absolute Gasteiger partial charge is 0.211 e. The molecule has 1 rings (SSSR count). The van der Waals surface area contributed by atoms with Gasteiger partial charge in [-0.05, 0) is 35.6 Å². The van der Waals surface area contributed by atoms with E-state index in [1.807, 2.05) is 0 Å². The van der Waals surface area contributed by atoms with Gasteiger partial charge < -0.3 is 0 Å². The van der Waals surface area contributed by atoms with Gasteiger partial charge in [0.25, 0.3) is 0 Å². The van der Waals surface area contributed by atoms with E-state index >= 15 is 0 Å². The number of halogens is 6. The molecule has 1 aromatic rings. The third-order valence-corrected chi connectivity index (χ3v) is 7.69. The second-order valence-electron chi connectivity index (χ2n) is 6.32. The van der Waals surface area contributed by atoms with Gasteiger partial charge >= 0.3 is 11.3 Å². The van der Waals surface area contributed by atoms with Gasteiger partial charge in [0.05, 0.1) is 4.90 Å². The highest BCUT2D eigenvalue weighted by Crippen LogP contribution is 2.45. The maximum absolute atomic E-state index is 13.4. The van der Waals surface area contributed by atoms with E-state index in [0.29, 0.717) is 0 Å². The first-order valence-electron chi connectivity index (χ1n) is 7.32. The van der Waals surface area contributed by atoms with E-state index in [1.165, 1.54) is 12.1 Å². The highest BCUT2D eigenvalue weighted by molar-refractivity contribution is 14.1. The Hall–Kier alpha value is -0.130. The van der Waals surface area contributed by atoms with Gasteiger partial charge in [0.15, 0.2) is 0 Å². The third-order valence-electron chi connectivity index (χ3n) is 3.81. The fourth-order valence-corrected chi connectivity index (χ4v) is 3.96. The predicted octanol–water partition coefficient (Wildman–Crippen LogP) is 5.04. The molecule has 1 aromatic carbocycles. The normalized spacial score (nSPS) is 15.2. The van der Waals surface area contributed by atoms with Crippen molar-refractivity contribution in [1.29, 1.82) is 0 Å². The van der Waals surface area contributed by atoms with Crippen molar-refractivity contribution < 1.29 is 26.0 Å². The molecule has 3 nitrogen and oxygen atoms in total. The van der Waals surface area contributed by atoms with E-state index in [2.05, 4.69) is 16.3 Å². The minimum absolute atomic E-state index is 0.00737. The average Bonchev–Trinajstić information content (AvgIpc) is 2.46. The molecule has 0 aliphatic heterocycles. The highest BCUT2D eigenvalue weighted by atomic mass is 127. The van der Waals surface area contributed by atoms with Crippen molar-refractivity contribution in [3.63, 3.8) is 0 Å². The summed E-state index contributed by atoms with van der Waals surface area (Å²) in [5.74, 6) is -4.35. The quantitative estimate of drug-likeness (QED) is 0.285. The average molecular weight is 516 g/mol. The van der Waals surface area contributed by atoms with E-state index < -0.39 is 37.1 Å². The first-order valence-corrected chi connectivity index (χ1v) is 10.4. The van der Waals surface area contributed by atoms with Crippen molar-refractivity contribution in [3.8, 4) is 0 Å². The largest absolute Gasteiger partial charge is 0.384 e. The summed E-state index contributed by atoms with van der Waals surface area (Å²) in [4.78, 5) is 0.0899. The third kappa shape index (κ3) is 6.51. The van der Waals surface area contributed by atoms with E-state index in [1.54, 1.807) is 54.6 Å². The van der Waals surface area contributed by atoms with E-state index in [9.17, 15) is 26.0 Å². The molecular weight excluding hydrogens is 497 g/mol. The zero-order valence-corrected chi connectivity index (χ0v) is 17.3. The van der Waals surface area contributed by atoms with Gasteiger partial charge in [-0.15, -0.1) is 0 Å². The molecule has 0 aromatic heterocycles. The van der Waals surface area contributed by atoms with Crippen molar-refractivity contribution in [2.24, 2.45) is 5.41 Å². The van der Waals surface area contributed by atoms with Crippen LogP contribution in [-0.2, 0) is 10.0 Å². The molecule has 10 heteroatoms. The lowest BCUT2D eigenvalue weighted by molar-refractivity contribution is -0.162. The number of rotatable bonds is 9. The maximum atomic E-state index is 13.4. The van der Waals surface area contributed by atoms with Crippen molar-refractivity contribution in [2.45, 2.75) is 46.8 Å². The molecule has 0 spiro atoms. The lowest BCUT2D eigenvalue weighted by atomic mass is 9.83. The summed E-state index contributed by atoms with van der Waals surface area (Å²) in [5, 5.41) is -4.62. The molecule has 0 aliphatic rings. The van der Waals surface area contributed by atoms with Crippen molar-refractivity contribution in [1.82, 2.24) is 4.72 Å². The van der Waals surface area contributed by atoms with Crippen LogP contribution in [0.25, 0.3) is 0 Å². The van der Waals surface area contributed by atoms with Crippen LogP contribution in [0.15, 0.2) is 35.2 Å². The number of hydrogen-bond donors (Lipinski definition) is 1. The molecule has 0 bridgehead atoms. The summed E-state index contributed by atoms with van der Waals surface area (Å²) < 4.78 is 78.2. The Balaban J connectivity index is 2.66. The van der Waals surface area contributed by atoms with Gasteiger partial charge in [-0.3, -0.25) is 0 Å². The topological polar surface area (TPSA) is 46.2 Å². The molecule has 0 saturated carbocycles. The summed E-state index contributed by atoms with van der Waals surface area (Å²) in [7, 11) is -3.71. The Morgan fingerprint density at radius 2 is 1.68 bits per heavy atom. The van der Waals surface area contributed by atoms with Crippen LogP contribution < -0.4 is 4.72 Å². The molecule has 1 unspecified atom stereocenters. The summed E-state index contributed by atoms with van der Waals surface area (Å²) >= 11 is 6.15. The Labute approximate surface area is 163 Å². The van der Waals surface area contributed by atoms with E-state index in [4.69, 9.17) is 0 Å². The van der Waals surface area contributed by atoms with E-state index in [0.717, 1.165) is 0 Å². The van der Waals surface area contributed by atoms with Gasteiger partial charge in [0.2, 0.25) is 10.0 Å². The fourth-order valence-electron chi connectivity index (χ4n) is 1.96. The zero-order chi connectivity index (χ0) is 19.5. The first kappa shape index (κ1) is 22.9. The van der Waals surface area contributed by atoms with Crippen molar-refractivity contribution >= 4 is 44.2 Å². The van der Waals surface area contributed by atoms with E-state index in [-0.39, 0.29) is 17.9 Å². The fraction of sp³-hybridized carbons (Fsp3) is 0.600. The molecule has 0 fully saturated rings. The maximum Gasteiger partial charge on any atom is 0.384 e. The molecule has 0 radical (unpaired) electrons. The lowest BCUT2D eigenvalue weighted by Gasteiger charge is -2.33. The second kappa shape index (κ2) is 8.26. The molecule has 1 atom stereocenters. The van der Waals surface area contributed by atoms with Crippen LogP contribution in [0.2, 0.25) is 0 Å². The minimum Gasteiger partial charge on any atom is -0.211 e. The Kier molecular flexibility index (Phi) is 7.57. The lowest BCUT2D eigenvalue weighted by Crippen LogP contribution is -2.41. The molecular formula is C15H19ClF4INO2S. The SMILES string of the molecule is CC(C)(CCNS(=O)(=O)c1ccccc1)C(I)CC(F)(F)C(F)(F)Cl. The summed E-state index contributed by atoms with van der Waals surface area (Å²) in [6, 6.07) is 7.69. The highest BCUT2D eigenvalue weighted by Gasteiger charge is 2.56. The number of sulfonamides is 1. The van der Waals surface area contributed by atoms with Crippen LogP contribution in [0, 0.1) is 5.41 Å². The zero-order valence-electron chi connectivity index (χ0n) is 13.6. The van der Waals surface area contributed by atoms with Crippen LogP contribution >= 0.6 is 34.2 Å². The first-order chi connectivity index (χ1) is 11.2. The summed E-state index contributed by atoms with van der Waals surface area (Å²) in [6.07, 6.45) is -0.918. The van der Waals surface area contributed by atoms with Crippen LogP contribution in [0.3, 0.4) is 0 Å². The van der Waals surface area contributed by atoms with Crippen molar-refractivity contribution in [2.75, 3.05) is 6.54 Å². The Morgan fingerprint density at radius 3 is 2.16 bits per heavy atom. The Morgan fingerprint density at radius 1 is 1.16 bits per heavy atom. The minimum atomic E-state index is -4.62. The number of benzene rings is 1. The second-order valence-corrected chi connectivity index (χ2v) is 10.1. The molecule has 0 heterocycles. The summed E-state index contributed by atoms with van der Waals surface area (Å²) in [5.41, 5.74) is -0.814. The van der Waals surface area contributed by atoms with Gasteiger partial charge in [-0.2, -0.15) is 17.6 Å². The van der Waals surface area contributed by atoms with Crippen LogP contribution in [0.5, 0.6) is 0 Å². The molecule has 0 saturated heterocycles. The molecule has 0 amide bonds. The number of hydrogen-bond acceptors (Lipinski definition) is 2. The molecule has 144 valence electrons.